The molecular formula is C13H17F3O2S. The molecule has 0 spiro atoms. The summed E-state index contributed by atoms with van der Waals surface area (Å²) in [4.78, 5) is 0. The van der Waals surface area contributed by atoms with Gasteiger partial charge in [-0.2, -0.15) is 11.8 Å². The molecule has 0 bridgehead atoms. The molecule has 1 aromatic rings. The summed E-state index contributed by atoms with van der Waals surface area (Å²) in [6.45, 7) is 2.05. The molecule has 108 valence electrons. The zero-order chi connectivity index (χ0) is 14.3. The lowest BCUT2D eigenvalue weighted by molar-refractivity contribution is -0.274. The Morgan fingerprint density at radius 3 is 2.42 bits per heavy atom. The molecule has 0 aromatic heterocycles. The number of thioether (sulfide) groups is 1. The van der Waals surface area contributed by atoms with E-state index < -0.39 is 12.5 Å². The first-order valence-corrected chi connectivity index (χ1v) is 7.16. The number of aliphatic hydroxyl groups excluding tert-OH is 1. The Hall–Kier alpha value is -0.880. The van der Waals surface area contributed by atoms with E-state index in [4.69, 9.17) is 0 Å². The molecule has 0 radical (unpaired) electrons. The first-order valence-electron chi connectivity index (χ1n) is 6.01. The number of benzene rings is 1. The van der Waals surface area contributed by atoms with E-state index in [0.717, 1.165) is 17.1 Å². The van der Waals surface area contributed by atoms with Crippen molar-refractivity contribution in [2.45, 2.75) is 32.2 Å². The third kappa shape index (κ3) is 7.32. The molecule has 0 aliphatic carbocycles. The first kappa shape index (κ1) is 16.2. The number of aliphatic hydroxyl groups is 1. The lowest BCUT2D eigenvalue weighted by Gasteiger charge is -2.12. The minimum Gasteiger partial charge on any atom is -0.406 e. The maximum Gasteiger partial charge on any atom is 0.573 e. The average molecular weight is 294 g/mol. The largest absolute Gasteiger partial charge is 0.573 e. The standard InChI is InChI=1S/C13H17F3O2S/c1-2-19-8-7-11(17)9-10-3-5-12(6-4-10)18-13(14,15)16/h3-6,11,17H,2,7-9H2,1H3. The van der Waals surface area contributed by atoms with Crippen LogP contribution in [0.15, 0.2) is 24.3 Å². The van der Waals surface area contributed by atoms with Crippen molar-refractivity contribution in [2.24, 2.45) is 0 Å². The lowest BCUT2D eigenvalue weighted by Crippen LogP contribution is -2.17. The molecule has 0 aliphatic rings. The molecule has 1 rings (SSSR count). The molecule has 1 N–H and O–H groups in total. The Balaban J connectivity index is 2.43. The molecule has 19 heavy (non-hydrogen) atoms. The van der Waals surface area contributed by atoms with E-state index in [1.165, 1.54) is 24.3 Å². The fourth-order valence-corrected chi connectivity index (χ4v) is 2.29. The van der Waals surface area contributed by atoms with Gasteiger partial charge in [0.2, 0.25) is 0 Å². The monoisotopic (exact) mass is 294 g/mol. The summed E-state index contributed by atoms with van der Waals surface area (Å²) in [7, 11) is 0. The van der Waals surface area contributed by atoms with Crippen LogP contribution in [0.2, 0.25) is 0 Å². The Morgan fingerprint density at radius 1 is 1.26 bits per heavy atom. The summed E-state index contributed by atoms with van der Waals surface area (Å²) in [5, 5.41) is 9.76. The second kappa shape index (κ2) is 7.65. The summed E-state index contributed by atoms with van der Waals surface area (Å²) in [6.07, 6.45) is -4.01. The van der Waals surface area contributed by atoms with Gasteiger partial charge in [0, 0.05) is 0 Å². The second-order valence-corrected chi connectivity index (χ2v) is 5.43. The van der Waals surface area contributed by atoms with Crippen LogP contribution >= 0.6 is 11.8 Å². The van der Waals surface area contributed by atoms with Crippen LogP contribution in [0.3, 0.4) is 0 Å². The highest BCUT2D eigenvalue weighted by atomic mass is 32.2. The molecule has 0 heterocycles. The Morgan fingerprint density at radius 2 is 1.89 bits per heavy atom. The molecule has 0 saturated carbocycles. The number of hydrogen-bond donors (Lipinski definition) is 1. The summed E-state index contributed by atoms with van der Waals surface area (Å²) in [5.41, 5.74) is 0.795. The van der Waals surface area contributed by atoms with Gasteiger partial charge in [0.15, 0.2) is 0 Å². The van der Waals surface area contributed by atoms with Crippen molar-refractivity contribution in [1.29, 1.82) is 0 Å². The highest BCUT2D eigenvalue weighted by Gasteiger charge is 2.30. The summed E-state index contributed by atoms with van der Waals surface area (Å²) < 4.78 is 39.7. The SMILES string of the molecule is CCSCCC(O)Cc1ccc(OC(F)(F)F)cc1. The summed E-state index contributed by atoms with van der Waals surface area (Å²) in [6, 6.07) is 5.60. The van der Waals surface area contributed by atoms with E-state index in [9.17, 15) is 18.3 Å². The minimum absolute atomic E-state index is 0.243. The highest BCUT2D eigenvalue weighted by Crippen LogP contribution is 2.23. The van der Waals surface area contributed by atoms with Crippen LogP contribution in [0.5, 0.6) is 5.75 Å². The molecule has 1 aromatic carbocycles. The van der Waals surface area contributed by atoms with Crippen LogP contribution < -0.4 is 4.74 Å². The molecular weight excluding hydrogens is 277 g/mol. The number of halogens is 3. The molecule has 0 amide bonds. The molecule has 0 fully saturated rings. The summed E-state index contributed by atoms with van der Waals surface area (Å²) in [5.74, 6) is 1.65. The average Bonchev–Trinajstić information content (AvgIpc) is 2.30. The fraction of sp³-hybridized carbons (Fsp3) is 0.538. The topological polar surface area (TPSA) is 29.5 Å². The molecule has 0 aliphatic heterocycles. The maximum absolute atomic E-state index is 12.0. The predicted octanol–water partition coefficient (Wildman–Crippen LogP) is 3.63. The Bertz CT molecular complexity index is 365. The van der Waals surface area contributed by atoms with Gasteiger partial charge in [-0.05, 0) is 42.0 Å². The zero-order valence-corrected chi connectivity index (χ0v) is 11.4. The third-order valence-corrected chi connectivity index (χ3v) is 3.36. The van der Waals surface area contributed by atoms with Crippen LogP contribution in [0.4, 0.5) is 13.2 Å². The van der Waals surface area contributed by atoms with Gasteiger partial charge in [-0.15, -0.1) is 13.2 Å². The Labute approximate surface area is 115 Å². The van der Waals surface area contributed by atoms with Gasteiger partial charge in [-0.1, -0.05) is 19.1 Å². The smallest absolute Gasteiger partial charge is 0.406 e. The van der Waals surface area contributed by atoms with Crippen molar-refractivity contribution in [2.75, 3.05) is 11.5 Å². The normalized spacial score (nSPS) is 13.3. The number of alkyl halides is 3. The van der Waals surface area contributed by atoms with Crippen LogP contribution in [0, 0.1) is 0 Å². The second-order valence-electron chi connectivity index (χ2n) is 4.04. The van der Waals surface area contributed by atoms with Crippen molar-refractivity contribution < 1.29 is 23.0 Å². The van der Waals surface area contributed by atoms with Crippen LogP contribution in [0.1, 0.15) is 18.9 Å². The van der Waals surface area contributed by atoms with Crippen LogP contribution in [0.25, 0.3) is 0 Å². The van der Waals surface area contributed by atoms with Crippen molar-refractivity contribution in [1.82, 2.24) is 0 Å². The third-order valence-electron chi connectivity index (χ3n) is 2.43. The number of ether oxygens (including phenoxy) is 1. The highest BCUT2D eigenvalue weighted by molar-refractivity contribution is 7.99. The van der Waals surface area contributed by atoms with E-state index in [-0.39, 0.29) is 5.75 Å². The van der Waals surface area contributed by atoms with Gasteiger partial charge in [0.05, 0.1) is 6.10 Å². The van der Waals surface area contributed by atoms with Gasteiger partial charge >= 0.3 is 6.36 Å². The van der Waals surface area contributed by atoms with Gasteiger partial charge in [0.1, 0.15) is 5.75 Å². The molecule has 1 unspecified atom stereocenters. The molecule has 1 atom stereocenters. The van der Waals surface area contributed by atoms with E-state index in [1.807, 2.05) is 0 Å². The predicted molar refractivity (Wildman–Crippen MR) is 70.5 cm³/mol. The van der Waals surface area contributed by atoms with Gasteiger partial charge in [-0.3, -0.25) is 0 Å². The van der Waals surface area contributed by atoms with Crippen LogP contribution in [-0.2, 0) is 6.42 Å². The number of rotatable bonds is 7. The van der Waals surface area contributed by atoms with Crippen molar-refractivity contribution in [3.05, 3.63) is 29.8 Å². The van der Waals surface area contributed by atoms with Crippen molar-refractivity contribution in [3.63, 3.8) is 0 Å². The molecule has 2 nitrogen and oxygen atoms in total. The quantitative estimate of drug-likeness (QED) is 0.779. The van der Waals surface area contributed by atoms with Gasteiger partial charge in [-0.25, -0.2) is 0 Å². The lowest BCUT2D eigenvalue weighted by atomic mass is 10.1. The maximum atomic E-state index is 12.0. The zero-order valence-electron chi connectivity index (χ0n) is 10.6. The van der Waals surface area contributed by atoms with E-state index in [0.29, 0.717) is 12.8 Å². The van der Waals surface area contributed by atoms with Crippen molar-refractivity contribution >= 4 is 11.8 Å². The van der Waals surface area contributed by atoms with Crippen LogP contribution in [-0.4, -0.2) is 29.1 Å². The van der Waals surface area contributed by atoms with E-state index in [2.05, 4.69) is 11.7 Å². The van der Waals surface area contributed by atoms with E-state index in [1.54, 1.807) is 11.8 Å². The fourth-order valence-electron chi connectivity index (χ4n) is 1.57. The Kier molecular flexibility index (Phi) is 6.51. The summed E-state index contributed by atoms with van der Waals surface area (Å²) >= 11 is 1.75. The van der Waals surface area contributed by atoms with E-state index >= 15 is 0 Å². The molecule has 6 heteroatoms. The molecule has 0 saturated heterocycles. The number of hydrogen-bond acceptors (Lipinski definition) is 3. The first-order chi connectivity index (χ1) is 8.90. The minimum atomic E-state index is -4.67. The van der Waals surface area contributed by atoms with Crippen molar-refractivity contribution in [3.8, 4) is 5.75 Å². The van der Waals surface area contributed by atoms with Gasteiger partial charge < -0.3 is 9.84 Å². The van der Waals surface area contributed by atoms with Gasteiger partial charge in [0.25, 0.3) is 0 Å².